The van der Waals surface area contributed by atoms with Gasteiger partial charge in [-0.3, -0.25) is 9.59 Å². The van der Waals surface area contributed by atoms with Crippen molar-refractivity contribution in [3.05, 3.63) is 88.3 Å². The number of fused-ring (bicyclic) bond motifs is 4. The van der Waals surface area contributed by atoms with Gasteiger partial charge in [-0.15, -0.1) is 23.2 Å². The van der Waals surface area contributed by atoms with Gasteiger partial charge >= 0.3 is 5.97 Å². The number of ketones is 1. The van der Waals surface area contributed by atoms with Gasteiger partial charge < -0.3 is 34.0 Å². The summed E-state index contributed by atoms with van der Waals surface area (Å²) in [4.78, 5) is 28.0. The van der Waals surface area contributed by atoms with E-state index in [0.717, 1.165) is 0 Å². The highest BCUT2D eigenvalue weighted by atomic mass is 35.5. The van der Waals surface area contributed by atoms with E-state index in [9.17, 15) is 14.8 Å². The van der Waals surface area contributed by atoms with E-state index in [1.165, 1.54) is 7.11 Å². The van der Waals surface area contributed by atoms with Crippen molar-refractivity contribution < 1.29 is 38.3 Å². The number of Topliss-reactive ketones (excluding diaryl/α,β-unsaturated/α-hetero) is 1. The molecule has 11 heteroatoms. The summed E-state index contributed by atoms with van der Waals surface area (Å²) in [6, 6.07) is 7.13. The Balaban J connectivity index is 1.33. The topological polar surface area (TPSA) is 111 Å². The van der Waals surface area contributed by atoms with E-state index in [1.807, 2.05) is 12.1 Å². The highest BCUT2D eigenvalue weighted by Crippen LogP contribution is 2.65. The number of esters is 1. The Hall–Kier alpha value is -2.34. The van der Waals surface area contributed by atoms with Crippen LogP contribution in [0.25, 0.3) is 0 Å². The predicted molar refractivity (Wildman–Crippen MR) is 143 cm³/mol. The summed E-state index contributed by atoms with van der Waals surface area (Å²) in [6.45, 7) is 0.250. The number of epoxide rings is 1. The summed E-state index contributed by atoms with van der Waals surface area (Å²) in [5, 5.41) is 12.6. The Morgan fingerprint density at radius 3 is 2.65 bits per heavy atom. The van der Waals surface area contributed by atoms with Gasteiger partial charge in [0.2, 0.25) is 0 Å². The quantitative estimate of drug-likeness (QED) is 0.241. The number of nitrogens with one attached hydrogen (secondary N) is 1. The van der Waals surface area contributed by atoms with E-state index in [-0.39, 0.29) is 43.0 Å². The Morgan fingerprint density at radius 2 is 1.90 bits per heavy atom. The highest BCUT2D eigenvalue weighted by molar-refractivity contribution is 6.32. The van der Waals surface area contributed by atoms with Crippen molar-refractivity contribution in [1.82, 2.24) is 0 Å². The average Bonchev–Trinajstić information content (AvgIpc) is 3.45. The number of carbonyl (C=O) groups is 2. The number of alkyl halides is 2. The number of hydrogen-bond acceptors (Lipinski definition) is 8. The van der Waals surface area contributed by atoms with E-state index in [4.69, 9.17) is 46.9 Å². The Labute approximate surface area is 240 Å². The van der Waals surface area contributed by atoms with Crippen LogP contribution in [0.4, 0.5) is 0 Å². The second-order valence-electron chi connectivity index (χ2n) is 10.8. The first kappa shape index (κ1) is 26.6. The molecule has 0 bridgehead atoms. The molecule has 3 saturated heterocycles. The first-order valence-corrected chi connectivity index (χ1v) is 14.1. The zero-order valence-corrected chi connectivity index (χ0v) is 23.0. The Bertz CT molecular complexity index is 1390. The lowest BCUT2D eigenvalue weighted by Gasteiger charge is -2.34. The number of quaternary nitrogens is 1. The summed E-state index contributed by atoms with van der Waals surface area (Å²) in [5.41, 5.74) is -0.676. The molecule has 0 aromatic heterocycles. The number of halogens is 2. The van der Waals surface area contributed by atoms with Gasteiger partial charge in [-0.1, -0.05) is 42.5 Å². The number of rotatable bonds is 5. The van der Waals surface area contributed by atoms with Crippen molar-refractivity contribution in [2.24, 2.45) is 11.8 Å². The maximum atomic E-state index is 14.3. The number of hydrogen-bond donors (Lipinski definition) is 1. The summed E-state index contributed by atoms with van der Waals surface area (Å²) < 4.78 is 29.2. The van der Waals surface area contributed by atoms with Crippen molar-refractivity contribution in [2.75, 3.05) is 27.1 Å². The largest absolute Gasteiger partial charge is 0.629 e. The fourth-order valence-corrected chi connectivity index (χ4v) is 7.29. The minimum absolute atomic E-state index is 0.0945. The molecule has 3 fully saturated rings. The number of benzene rings is 1. The van der Waals surface area contributed by atoms with Gasteiger partial charge in [0.15, 0.2) is 17.0 Å². The molecule has 10 atom stereocenters. The summed E-state index contributed by atoms with van der Waals surface area (Å²) in [5.74, 6) is -2.89. The molecule has 1 aromatic rings. The van der Waals surface area contributed by atoms with Gasteiger partial charge in [0, 0.05) is 17.2 Å². The van der Waals surface area contributed by atoms with Crippen LogP contribution in [0.3, 0.4) is 0 Å². The third-order valence-corrected chi connectivity index (χ3v) is 9.80. The van der Waals surface area contributed by atoms with Gasteiger partial charge in [0.05, 0.1) is 43.0 Å². The van der Waals surface area contributed by atoms with E-state index in [0.29, 0.717) is 22.4 Å². The van der Waals surface area contributed by atoms with Crippen molar-refractivity contribution in [2.45, 2.75) is 40.3 Å². The van der Waals surface area contributed by atoms with Crippen molar-refractivity contribution in [3.63, 3.8) is 0 Å². The first-order valence-electron chi connectivity index (χ1n) is 13.2. The van der Waals surface area contributed by atoms with E-state index in [1.54, 1.807) is 48.6 Å². The van der Waals surface area contributed by atoms with Crippen LogP contribution in [0, 0.1) is 17.0 Å². The van der Waals surface area contributed by atoms with Gasteiger partial charge in [0.25, 0.3) is 0 Å². The number of allylic oxidation sites excluding steroid dienone is 3. The lowest BCUT2D eigenvalue weighted by atomic mass is 9.71. The molecule has 1 N–H and O–H groups in total. The molecule has 2 spiro atoms. The van der Waals surface area contributed by atoms with Crippen LogP contribution in [0.1, 0.15) is 15.9 Å². The molecule has 40 heavy (non-hydrogen) atoms. The van der Waals surface area contributed by atoms with Crippen LogP contribution < -0.4 is 5.06 Å². The lowest BCUT2D eigenvalue weighted by molar-refractivity contribution is -0.808. The molecule has 3 aliphatic heterocycles. The molecule has 0 saturated carbocycles. The molecule has 210 valence electrons. The van der Waals surface area contributed by atoms with Crippen LogP contribution >= 0.6 is 23.2 Å². The molecule has 3 heterocycles. The van der Waals surface area contributed by atoms with Crippen LogP contribution in [0.2, 0.25) is 0 Å². The molecule has 6 aliphatic rings. The number of carbonyl (C=O) groups excluding carboxylic acids is 2. The van der Waals surface area contributed by atoms with E-state index < -0.39 is 45.9 Å². The third-order valence-electron chi connectivity index (χ3n) is 8.85. The second-order valence-corrected chi connectivity index (χ2v) is 11.8. The zero-order chi connectivity index (χ0) is 27.8. The smallest absolute Gasteiger partial charge is 0.312 e. The van der Waals surface area contributed by atoms with Crippen molar-refractivity contribution in [1.29, 1.82) is 0 Å². The molecular weight excluding hydrogens is 561 g/mol. The summed E-state index contributed by atoms with van der Waals surface area (Å²) in [7, 11) is 1.27. The van der Waals surface area contributed by atoms with Gasteiger partial charge in [-0.05, 0) is 17.7 Å². The molecule has 9 nitrogen and oxygen atoms in total. The molecule has 7 unspecified atom stereocenters. The molecule has 7 rings (SSSR count). The van der Waals surface area contributed by atoms with E-state index >= 15 is 0 Å². The summed E-state index contributed by atoms with van der Waals surface area (Å²) in [6.07, 6.45) is 9.09. The number of hydroxylamine groups is 2. The van der Waals surface area contributed by atoms with Gasteiger partial charge in [-0.2, -0.15) is 0 Å². The predicted octanol–water partition coefficient (Wildman–Crippen LogP) is 1.94. The third kappa shape index (κ3) is 3.70. The first-order chi connectivity index (χ1) is 19.3. The van der Waals surface area contributed by atoms with Crippen molar-refractivity contribution >= 4 is 35.0 Å². The normalized spacial score (nSPS) is 41.6. The maximum absolute atomic E-state index is 14.3. The molecule has 1 aromatic carbocycles. The Kier molecular flexibility index (Phi) is 6.38. The molecular formula is C29H27Cl2NO8. The fraction of sp³-hybridized carbons (Fsp3) is 0.448. The van der Waals surface area contributed by atoms with Crippen molar-refractivity contribution in [3.8, 4) is 0 Å². The van der Waals surface area contributed by atoms with E-state index in [2.05, 4.69) is 0 Å². The lowest BCUT2D eigenvalue weighted by Crippen LogP contribution is -3.06. The fourth-order valence-electron chi connectivity index (χ4n) is 6.92. The standard InChI is InChI=1S/C29H27Cl2NO8/c1-36-27(34)24-18(12-32(35)16-7-9-22-23(11-16)38-14-37-22)25(15-6-8-20(30)21(31)10-15)40-29(24)26(33)17-4-2-3-5-19(17)28(29)13-39-28/h2-11,18,20-25,32H,12-14H2,1H3/t18?,20?,21?,22?,23?,24?,25-,28-,29+/m0/s1. The number of methoxy groups -OCH3 is 1. The highest BCUT2D eigenvalue weighted by Gasteiger charge is 2.81. The van der Waals surface area contributed by atoms with Gasteiger partial charge in [0.1, 0.15) is 30.6 Å². The second kappa shape index (κ2) is 9.61. The average molecular weight is 588 g/mol. The molecule has 0 radical (unpaired) electrons. The number of ether oxygens (including phenoxy) is 5. The SMILES string of the molecule is COC(=O)C1C(C[NH+]([O-])C2=CC3OCOC3C=C2)[C@H](C2=CC(Cl)C(Cl)C=C2)O[C@@]12C(=O)c1ccccc1[C@@]21CO1. The zero-order valence-electron chi connectivity index (χ0n) is 21.5. The maximum Gasteiger partial charge on any atom is 0.312 e. The Morgan fingerprint density at radius 1 is 1.12 bits per heavy atom. The van der Waals surface area contributed by atoms with Crippen LogP contribution in [0.5, 0.6) is 0 Å². The van der Waals surface area contributed by atoms with Crippen LogP contribution in [-0.2, 0) is 34.1 Å². The minimum atomic E-state index is -1.71. The monoisotopic (exact) mass is 587 g/mol. The summed E-state index contributed by atoms with van der Waals surface area (Å²) >= 11 is 12.8. The minimum Gasteiger partial charge on any atom is -0.629 e. The molecule has 0 amide bonds. The van der Waals surface area contributed by atoms with Crippen LogP contribution in [0.15, 0.2) is 72.0 Å². The van der Waals surface area contributed by atoms with Gasteiger partial charge in [-0.25, -0.2) is 0 Å². The molecule has 3 aliphatic carbocycles. The van der Waals surface area contributed by atoms with Crippen LogP contribution in [-0.4, -0.2) is 73.5 Å².